The first-order valence-electron chi connectivity index (χ1n) is 11.6. The van der Waals surface area contributed by atoms with E-state index in [0.717, 1.165) is 27.4 Å². The molecule has 2 aromatic heterocycles. The second-order valence-electron chi connectivity index (χ2n) is 8.70. The van der Waals surface area contributed by atoms with Crippen molar-refractivity contribution in [3.05, 3.63) is 72.1 Å². The summed E-state index contributed by atoms with van der Waals surface area (Å²) in [6.07, 6.45) is 2.92. The van der Waals surface area contributed by atoms with E-state index in [0.29, 0.717) is 5.56 Å². The second-order valence-corrected chi connectivity index (χ2v) is 9.32. The summed E-state index contributed by atoms with van der Waals surface area (Å²) in [4.78, 5) is 55.3. The van der Waals surface area contributed by atoms with E-state index in [1.54, 1.807) is 12.4 Å². The van der Waals surface area contributed by atoms with E-state index in [2.05, 4.69) is 33.2 Å². The third kappa shape index (κ3) is 6.12. The second kappa shape index (κ2) is 11.2. The van der Waals surface area contributed by atoms with Gasteiger partial charge < -0.3 is 30.8 Å². The molecule has 0 saturated carbocycles. The first-order valence-corrected chi connectivity index (χ1v) is 12.1. The molecule has 37 heavy (non-hydrogen) atoms. The van der Waals surface area contributed by atoms with E-state index in [1.165, 1.54) is 0 Å². The molecular formula is C26H26N4O6S. The van der Waals surface area contributed by atoms with E-state index in [-0.39, 0.29) is 12.8 Å². The fourth-order valence-electron chi connectivity index (χ4n) is 4.25. The molecule has 0 spiro atoms. The molecule has 192 valence electrons. The smallest absolute Gasteiger partial charge is 0.326 e. The highest BCUT2D eigenvalue weighted by molar-refractivity contribution is 7.81. The lowest BCUT2D eigenvalue weighted by molar-refractivity contribution is -0.143. The summed E-state index contributed by atoms with van der Waals surface area (Å²) in [6.45, 7) is 0. The van der Waals surface area contributed by atoms with Gasteiger partial charge in [-0.3, -0.25) is 14.4 Å². The van der Waals surface area contributed by atoms with Crippen molar-refractivity contribution in [2.24, 2.45) is 0 Å². The molecule has 0 aliphatic rings. The van der Waals surface area contributed by atoms with Crippen molar-refractivity contribution in [3.8, 4) is 0 Å². The summed E-state index contributed by atoms with van der Waals surface area (Å²) < 4.78 is 0. The predicted molar refractivity (Wildman–Crippen MR) is 141 cm³/mol. The molecule has 0 unspecified atom stereocenters. The number of aromatic nitrogens is 2. The van der Waals surface area contributed by atoms with Gasteiger partial charge in [0.05, 0.1) is 11.7 Å². The zero-order chi connectivity index (χ0) is 26.5. The molecule has 4 aromatic rings. The number of nitrogens with one attached hydrogen (secondary N) is 4. The van der Waals surface area contributed by atoms with Crippen LogP contribution in [0.3, 0.4) is 0 Å². The lowest BCUT2D eigenvalue weighted by Gasteiger charge is -2.21. The molecule has 0 radical (unpaired) electrons. The molecular weight excluding hydrogens is 496 g/mol. The number of thiol groups is 1. The van der Waals surface area contributed by atoms with Gasteiger partial charge in [-0.15, -0.1) is 0 Å². The number of amides is 2. The topological polar surface area (TPSA) is 164 Å². The molecule has 2 amide bonds. The van der Waals surface area contributed by atoms with Gasteiger partial charge in [-0.1, -0.05) is 36.4 Å². The maximum atomic E-state index is 12.9. The minimum absolute atomic E-state index is 0.0332. The highest BCUT2D eigenvalue weighted by Crippen LogP contribution is 2.21. The average Bonchev–Trinajstić information content (AvgIpc) is 3.47. The van der Waals surface area contributed by atoms with Gasteiger partial charge in [0.15, 0.2) is 0 Å². The van der Waals surface area contributed by atoms with Crippen LogP contribution < -0.4 is 10.6 Å². The first-order chi connectivity index (χ1) is 17.7. The largest absolute Gasteiger partial charge is 0.481 e. The number of benzene rings is 2. The van der Waals surface area contributed by atoms with Crippen LogP contribution in [0.5, 0.6) is 0 Å². The van der Waals surface area contributed by atoms with Gasteiger partial charge in [0.2, 0.25) is 11.8 Å². The number of H-pyrrole nitrogens is 2. The van der Waals surface area contributed by atoms with E-state index in [4.69, 9.17) is 0 Å². The Kier molecular flexibility index (Phi) is 7.83. The van der Waals surface area contributed by atoms with Crippen LogP contribution in [0.4, 0.5) is 0 Å². The lowest BCUT2D eigenvalue weighted by Crippen LogP contribution is -2.54. The molecule has 0 aliphatic carbocycles. The minimum atomic E-state index is -1.48. The molecule has 0 saturated heterocycles. The van der Waals surface area contributed by atoms with Crippen LogP contribution in [-0.2, 0) is 32.0 Å². The summed E-state index contributed by atoms with van der Waals surface area (Å²) in [6, 6.07) is 12.1. The maximum Gasteiger partial charge on any atom is 0.326 e. The van der Waals surface area contributed by atoms with E-state index in [9.17, 15) is 29.4 Å². The van der Waals surface area contributed by atoms with Crippen LogP contribution in [-0.4, -0.2) is 61.3 Å². The molecule has 11 heteroatoms. The Labute approximate surface area is 216 Å². The average molecular weight is 523 g/mol. The number of hydrogen-bond acceptors (Lipinski definition) is 5. The fraction of sp³-hybridized carbons (Fsp3) is 0.231. The molecule has 3 atom stereocenters. The summed E-state index contributed by atoms with van der Waals surface area (Å²) in [5.41, 5.74) is 3.24. The third-order valence-corrected chi connectivity index (χ3v) is 6.53. The maximum absolute atomic E-state index is 12.9. The Morgan fingerprint density at radius 3 is 1.81 bits per heavy atom. The Hall–Kier alpha value is -4.25. The Morgan fingerprint density at radius 1 is 0.757 bits per heavy atom. The van der Waals surface area contributed by atoms with Gasteiger partial charge in [-0.05, 0) is 29.7 Å². The number of carboxylic acid groups (broad SMARTS) is 2. The number of fused-ring (bicyclic) bond motifs is 2. The van der Waals surface area contributed by atoms with Gasteiger partial charge in [-0.25, -0.2) is 4.79 Å². The fourth-order valence-corrected chi connectivity index (χ4v) is 4.52. The molecule has 0 aliphatic heterocycles. The van der Waals surface area contributed by atoms with Gasteiger partial charge in [0.1, 0.15) is 12.1 Å². The van der Waals surface area contributed by atoms with Crippen molar-refractivity contribution >= 4 is 58.2 Å². The summed E-state index contributed by atoms with van der Waals surface area (Å²) in [5, 5.41) is 24.7. The zero-order valence-corrected chi connectivity index (χ0v) is 20.5. The van der Waals surface area contributed by atoms with Crippen LogP contribution in [0.2, 0.25) is 0 Å². The molecule has 2 aromatic carbocycles. The molecule has 0 bridgehead atoms. The summed E-state index contributed by atoms with van der Waals surface area (Å²) in [5.74, 6) is -4.16. The minimum Gasteiger partial charge on any atom is -0.481 e. The summed E-state index contributed by atoms with van der Waals surface area (Å²) >= 11 is 4.36. The number of carbonyl (C=O) groups excluding carboxylic acids is 2. The molecule has 4 rings (SSSR count). The van der Waals surface area contributed by atoms with E-state index in [1.807, 2.05) is 48.5 Å². The van der Waals surface area contributed by atoms with E-state index < -0.39 is 47.5 Å². The Bertz CT molecular complexity index is 1460. The van der Waals surface area contributed by atoms with Gasteiger partial charge in [0.25, 0.3) is 0 Å². The molecule has 10 nitrogen and oxygen atoms in total. The molecule has 2 heterocycles. The van der Waals surface area contributed by atoms with E-state index >= 15 is 0 Å². The zero-order valence-electron chi connectivity index (χ0n) is 19.6. The van der Waals surface area contributed by atoms with Gasteiger partial charge >= 0.3 is 11.9 Å². The lowest BCUT2D eigenvalue weighted by atomic mass is 10.0. The van der Waals surface area contributed by atoms with Crippen molar-refractivity contribution < 1.29 is 29.4 Å². The highest BCUT2D eigenvalue weighted by Gasteiger charge is 2.30. The van der Waals surface area contributed by atoms with Crippen molar-refractivity contribution in [1.82, 2.24) is 20.6 Å². The van der Waals surface area contributed by atoms with Crippen LogP contribution in [0.1, 0.15) is 17.5 Å². The SMILES string of the molecule is O=C(O)C[C@H](NC(=O)[C@@H](S)Cc1c[nH]c2ccccc12)C(=O)N[C@@H](Cc1c[nH]c2ccccc12)C(=O)O. The van der Waals surface area contributed by atoms with Crippen LogP contribution >= 0.6 is 12.6 Å². The number of carboxylic acids is 2. The summed E-state index contributed by atoms with van der Waals surface area (Å²) in [7, 11) is 0. The highest BCUT2D eigenvalue weighted by atomic mass is 32.1. The molecule has 6 N–H and O–H groups in total. The number of carbonyl (C=O) groups is 4. The standard InChI is InChI=1S/C26H26N4O6S/c31-23(32)11-20(29-25(34)22(37)10-15-13-28-19-8-4-2-6-17(15)19)24(33)30-21(26(35)36)9-14-12-27-18-7-3-1-5-16(14)18/h1-8,12-13,20-22,27-28,37H,9-11H2,(H,29,34)(H,30,33)(H,31,32)(H,35,36)/t20-,21-,22-/m0/s1. The van der Waals surface area contributed by atoms with Crippen molar-refractivity contribution in [2.45, 2.75) is 36.6 Å². The number of para-hydroxylation sites is 2. The number of hydrogen-bond donors (Lipinski definition) is 7. The van der Waals surface area contributed by atoms with Crippen molar-refractivity contribution in [2.75, 3.05) is 0 Å². The number of aliphatic carboxylic acids is 2. The van der Waals surface area contributed by atoms with Crippen molar-refractivity contribution in [1.29, 1.82) is 0 Å². The van der Waals surface area contributed by atoms with Crippen molar-refractivity contribution in [3.63, 3.8) is 0 Å². The Morgan fingerprint density at radius 2 is 1.27 bits per heavy atom. The predicted octanol–water partition coefficient (Wildman–Crippen LogP) is 2.26. The van der Waals surface area contributed by atoms with Gasteiger partial charge in [-0.2, -0.15) is 12.6 Å². The van der Waals surface area contributed by atoms with Gasteiger partial charge in [0, 0.05) is 40.6 Å². The van der Waals surface area contributed by atoms with Crippen LogP contribution in [0.15, 0.2) is 60.9 Å². The monoisotopic (exact) mass is 522 g/mol. The number of rotatable bonds is 11. The molecule has 0 fully saturated rings. The van der Waals surface area contributed by atoms with Crippen LogP contribution in [0.25, 0.3) is 21.8 Å². The first kappa shape index (κ1) is 25.8. The number of aromatic amines is 2. The Balaban J connectivity index is 1.44. The third-order valence-electron chi connectivity index (χ3n) is 6.12. The van der Waals surface area contributed by atoms with Crippen LogP contribution in [0, 0.1) is 0 Å². The quantitative estimate of drug-likeness (QED) is 0.149. The normalized spacial score (nSPS) is 13.6.